The number of amides is 2. The molecule has 0 radical (unpaired) electrons. The summed E-state index contributed by atoms with van der Waals surface area (Å²) >= 11 is 0. The summed E-state index contributed by atoms with van der Waals surface area (Å²) in [4.78, 5) is 15.2. The van der Waals surface area contributed by atoms with Crippen molar-refractivity contribution < 1.29 is 9.53 Å². The second-order valence-electron chi connectivity index (χ2n) is 11.0. The standard InChI is InChI=1S/C32H39N7O2/c1-22(2)19-38(20-23(3)4)16-15-34-32(40)37-29-21-39-31(24(29)5)30(25(17-33)18-35-39)36-26-11-13-28(14-12-26)41-27-9-7-6-8-10-27/h6-14,18,21-23,36H,15-16,19-20H2,1-5H3,(H2,34,37,40). The van der Waals surface area contributed by atoms with Gasteiger partial charge in [-0.25, -0.2) is 9.31 Å². The van der Waals surface area contributed by atoms with E-state index in [4.69, 9.17) is 4.74 Å². The SMILES string of the molecule is Cc1c(NC(=O)NCCN(CC(C)C)CC(C)C)cn2ncc(C#N)c(Nc3ccc(Oc4ccccc4)cc3)c12. The van der Waals surface area contributed by atoms with Gasteiger partial charge in [-0.2, -0.15) is 10.4 Å². The van der Waals surface area contributed by atoms with Crippen molar-refractivity contribution in [3.63, 3.8) is 0 Å². The minimum absolute atomic E-state index is 0.276. The quantitative estimate of drug-likeness (QED) is 0.178. The molecule has 0 aliphatic heterocycles. The molecule has 3 N–H and O–H groups in total. The van der Waals surface area contributed by atoms with Crippen LogP contribution in [0.25, 0.3) is 5.52 Å². The predicted molar refractivity (Wildman–Crippen MR) is 164 cm³/mol. The maximum absolute atomic E-state index is 12.8. The van der Waals surface area contributed by atoms with Crippen molar-refractivity contribution in [1.29, 1.82) is 5.26 Å². The molecule has 41 heavy (non-hydrogen) atoms. The first-order chi connectivity index (χ1) is 19.7. The van der Waals surface area contributed by atoms with Gasteiger partial charge in [0.15, 0.2) is 0 Å². The van der Waals surface area contributed by atoms with Crippen LogP contribution in [0.2, 0.25) is 0 Å². The zero-order chi connectivity index (χ0) is 29.4. The molecule has 0 aliphatic rings. The van der Waals surface area contributed by atoms with Crippen molar-refractivity contribution in [1.82, 2.24) is 19.8 Å². The number of nitriles is 1. The van der Waals surface area contributed by atoms with Crippen LogP contribution in [0.4, 0.5) is 21.9 Å². The zero-order valence-electron chi connectivity index (χ0n) is 24.4. The Morgan fingerprint density at radius 1 is 1.02 bits per heavy atom. The summed E-state index contributed by atoms with van der Waals surface area (Å²) in [5, 5.41) is 23.5. The molecule has 0 unspecified atom stereocenters. The lowest BCUT2D eigenvalue weighted by Crippen LogP contribution is -2.39. The average molecular weight is 554 g/mol. The van der Waals surface area contributed by atoms with E-state index in [1.165, 1.54) is 6.20 Å². The van der Waals surface area contributed by atoms with Crippen molar-refractivity contribution >= 4 is 28.6 Å². The van der Waals surface area contributed by atoms with E-state index in [-0.39, 0.29) is 6.03 Å². The third kappa shape index (κ3) is 7.99. The molecule has 0 spiro atoms. The number of rotatable bonds is 12. The fourth-order valence-corrected chi connectivity index (χ4v) is 4.78. The lowest BCUT2D eigenvalue weighted by Gasteiger charge is -2.26. The lowest BCUT2D eigenvalue weighted by atomic mass is 10.1. The van der Waals surface area contributed by atoms with Gasteiger partial charge in [0, 0.05) is 37.4 Å². The number of ether oxygens (including phenoxy) is 1. The predicted octanol–water partition coefficient (Wildman–Crippen LogP) is 6.79. The first-order valence-electron chi connectivity index (χ1n) is 14.0. The topological polar surface area (TPSA) is 107 Å². The molecule has 9 nitrogen and oxygen atoms in total. The molecule has 4 rings (SSSR count). The van der Waals surface area contributed by atoms with Gasteiger partial charge in [-0.3, -0.25) is 0 Å². The molecule has 0 saturated carbocycles. The number of benzene rings is 2. The summed E-state index contributed by atoms with van der Waals surface area (Å²) in [7, 11) is 0. The van der Waals surface area contributed by atoms with Crippen LogP contribution in [0.3, 0.4) is 0 Å². The van der Waals surface area contributed by atoms with Gasteiger partial charge in [0.05, 0.1) is 34.8 Å². The van der Waals surface area contributed by atoms with Gasteiger partial charge in [0.1, 0.15) is 17.6 Å². The highest BCUT2D eigenvalue weighted by atomic mass is 16.5. The number of para-hydroxylation sites is 1. The van der Waals surface area contributed by atoms with Gasteiger partial charge >= 0.3 is 6.03 Å². The van der Waals surface area contributed by atoms with Crippen LogP contribution in [-0.4, -0.2) is 46.7 Å². The third-order valence-electron chi connectivity index (χ3n) is 6.49. The molecule has 9 heteroatoms. The Kier molecular flexibility index (Phi) is 9.82. The molecular formula is C32H39N7O2. The monoisotopic (exact) mass is 553 g/mol. The molecule has 2 heterocycles. The van der Waals surface area contributed by atoms with E-state index < -0.39 is 0 Å². The summed E-state index contributed by atoms with van der Waals surface area (Å²) in [6.07, 6.45) is 3.28. The molecule has 0 saturated heterocycles. The van der Waals surface area contributed by atoms with E-state index in [9.17, 15) is 10.1 Å². The number of hydrogen-bond donors (Lipinski definition) is 3. The number of aromatic nitrogens is 2. The van der Waals surface area contributed by atoms with Crippen LogP contribution in [0.5, 0.6) is 11.5 Å². The number of nitrogens with zero attached hydrogens (tertiary/aromatic N) is 4. The number of fused-ring (bicyclic) bond motifs is 1. The van der Waals surface area contributed by atoms with E-state index in [0.717, 1.165) is 36.6 Å². The first kappa shape index (κ1) is 29.4. The Balaban J connectivity index is 1.46. The second-order valence-corrected chi connectivity index (χ2v) is 11.0. The first-order valence-corrected chi connectivity index (χ1v) is 14.0. The van der Waals surface area contributed by atoms with Crippen molar-refractivity contribution in [3.05, 3.63) is 78.1 Å². The number of hydrogen-bond acceptors (Lipinski definition) is 6. The average Bonchev–Trinajstić information content (AvgIpc) is 3.24. The summed E-state index contributed by atoms with van der Waals surface area (Å²) < 4.78 is 7.56. The minimum Gasteiger partial charge on any atom is -0.457 e. The van der Waals surface area contributed by atoms with E-state index in [1.54, 1.807) is 10.7 Å². The zero-order valence-corrected chi connectivity index (χ0v) is 24.4. The Labute approximate surface area is 242 Å². The highest BCUT2D eigenvalue weighted by Crippen LogP contribution is 2.33. The van der Waals surface area contributed by atoms with Gasteiger partial charge in [-0.15, -0.1) is 0 Å². The maximum atomic E-state index is 12.8. The van der Waals surface area contributed by atoms with Crippen LogP contribution in [-0.2, 0) is 0 Å². The van der Waals surface area contributed by atoms with Crippen molar-refractivity contribution in [2.75, 3.05) is 36.8 Å². The van der Waals surface area contributed by atoms with Crippen molar-refractivity contribution in [2.45, 2.75) is 34.6 Å². The molecule has 214 valence electrons. The molecule has 0 atom stereocenters. The number of carbonyl (C=O) groups excluding carboxylic acids is 1. The van der Waals surface area contributed by atoms with Crippen LogP contribution < -0.4 is 20.7 Å². The molecule has 0 fully saturated rings. The fourth-order valence-electron chi connectivity index (χ4n) is 4.78. The van der Waals surface area contributed by atoms with Crippen molar-refractivity contribution in [2.24, 2.45) is 11.8 Å². The van der Waals surface area contributed by atoms with Gasteiger partial charge in [-0.1, -0.05) is 45.9 Å². The van der Waals surface area contributed by atoms with Crippen LogP contribution >= 0.6 is 0 Å². The second kappa shape index (κ2) is 13.7. The van der Waals surface area contributed by atoms with E-state index in [1.807, 2.05) is 61.5 Å². The molecule has 2 aromatic heterocycles. The number of urea groups is 1. The van der Waals surface area contributed by atoms with E-state index in [2.05, 4.69) is 59.7 Å². The Morgan fingerprint density at radius 3 is 2.32 bits per heavy atom. The molecule has 2 aromatic carbocycles. The van der Waals surface area contributed by atoms with Crippen molar-refractivity contribution in [3.8, 4) is 17.6 Å². The van der Waals surface area contributed by atoms with Gasteiger partial charge in [0.25, 0.3) is 0 Å². The van der Waals surface area contributed by atoms with Gasteiger partial charge in [0.2, 0.25) is 0 Å². The number of carbonyl (C=O) groups is 1. The normalized spacial score (nSPS) is 11.2. The fraction of sp³-hybridized carbons (Fsp3) is 0.344. The number of nitrogens with one attached hydrogen (secondary N) is 3. The summed E-state index contributed by atoms with van der Waals surface area (Å²) in [6, 6.07) is 19.0. The maximum Gasteiger partial charge on any atom is 0.319 e. The van der Waals surface area contributed by atoms with Crippen LogP contribution in [0, 0.1) is 30.1 Å². The molecule has 4 aromatic rings. The summed E-state index contributed by atoms with van der Waals surface area (Å²) in [5.74, 6) is 2.59. The third-order valence-corrected chi connectivity index (χ3v) is 6.49. The van der Waals surface area contributed by atoms with Gasteiger partial charge in [-0.05, 0) is 55.2 Å². The number of anilines is 3. The van der Waals surface area contributed by atoms with E-state index >= 15 is 0 Å². The lowest BCUT2D eigenvalue weighted by molar-refractivity contribution is 0.217. The van der Waals surface area contributed by atoms with E-state index in [0.29, 0.717) is 46.6 Å². The Bertz CT molecular complexity index is 1480. The molecular weight excluding hydrogens is 514 g/mol. The largest absolute Gasteiger partial charge is 0.457 e. The smallest absolute Gasteiger partial charge is 0.319 e. The highest BCUT2D eigenvalue weighted by molar-refractivity contribution is 5.94. The summed E-state index contributed by atoms with van der Waals surface area (Å²) in [6.45, 7) is 14.1. The number of aryl methyl sites for hydroxylation is 1. The molecule has 0 aliphatic carbocycles. The summed E-state index contributed by atoms with van der Waals surface area (Å²) in [5.41, 5.74) is 3.94. The van der Waals surface area contributed by atoms with Crippen LogP contribution in [0.1, 0.15) is 38.8 Å². The Morgan fingerprint density at radius 2 is 1.68 bits per heavy atom. The Hall–Kier alpha value is -4.55. The highest BCUT2D eigenvalue weighted by Gasteiger charge is 2.18. The van der Waals surface area contributed by atoms with Crippen LogP contribution in [0.15, 0.2) is 67.0 Å². The molecule has 2 amide bonds. The molecule has 0 bridgehead atoms. The minimum atomic E-state index is -0.276. The van der Waals surface area contributed by atoms with Gasteiger partial charge < -0.3 is 25.6 Å².